The molecule has 0 spiro atoms. The Morgan fingerprint density at radius 1 is 1.50 bits per heavy atom. The molecule has 84 valence electrons. The molecule has 0 saturated carbocycles. The molecule has 1 unspecified atom stereocenters. The van der Waals surface area contributed by atoms with Crippen molar-refractivity contribution < 1.29 is 13.6 Å². The van der Waals surface area contributed by atoms with E-state index < -0.39 is 13.0 Å². The van der Waals surface area contributed by atoms with Gasteiger partial charge in [-0.05, 0) is 18.9 Å². The van der Waals surface area contributed by atoms with E-state index in [1.165, 1.54) is 7.05 Å². The summed E-state index contributed by atoms with van der Waals surface area (Å²) in [6.07, 6.45) is -1.51. The first-order chi connectivity index (χ1) is 6.47. The Bertz CT molecular complexity index is 176. The zero-order valence-corrected chi connectivity index (χ0v) is 8.67. The number of rotatable bonds is 6. The average molecular weight is 208 g/mol. The summed E-state index contributed by atoms with van der Waals surface area (Å²) in [5, 5.41) is 0. The minimum absolute atomic E-state index is 0.245. The Morgan fingerprint density at radius 2 is 2.07 bits per heavy atom. The van der Waals surface area contributed by atoms with Gasteiger partial charge in [0.05, 0.1) is 6.54 Å². The van der Waals surface area contributed by atoms with Crippen molar-refractivity contribution in [2.45, 2.75) is 26.2 Å². The van der Waals surface area contributed by atoms with Gasteiger partial charge in [0.15, 0.2) is 0 Å². The van der Waals surface area contributed by atoms with Crippen LogP contribution in [0.2, 0.25) is 0 Å². The van der Waals surface area contributed by atoms with Gasteiger partial charge in [-0.3, -0.25) is 4.79 Å². The van der Waals surface area contributed by atoms with E-state index in [-0.39, 0.29) is 11.8 Å². The van der Waals surface area contributed by atoms with Gasteiger partial charge in [0.1, 0.15) is 0 Å². The van der Waals surface area contributed by atoms with E-state index in [0.717, 1.165) is 4.90 Å². The molecule has 0 aromatic rings. The molecule has 1 amide bonds. The monoisotopic (exact) mass is 208 g/mol. The minimum Gasteiger partial charge on any atom is -0.340 e. The first-order valence-corrected chi connectivity index (χ1v) is 4.69. The van der Waals surface area contributed by atoms with Crippen LogP contribution in [0.3, 0.4) is 0 Å². The maximum absolute atomic E-state index is 11.9. The molecule has 0 rings (SSSR count). The van der Waals surface area contributed by atoms with Gasteiger partial charge < -0.3 is 10.6 Å². The molecule has 0 saturated heterocycles. The van der Waals surface area contributed by atoms with E-state index in [1.54, 1.807) is 0 Å². The van der Waals surface area contributed by atoms with Gasteiger partial charge in [-0.25, -0.2) is 8.78 Å². The molecule has 0 radical (unpaired) electrons. The molecule has 0 aliphatic heterocycles. The average Bonchev–Trinajstić information content (AvgIpc) is 2.12. The Kier molecular flexibility index (Phi) is 6.36. The van der Waals surface area contributed by atoms with Crippen LogP contribution in [0, 0.1) is 5.92 Å². The summed E-state index contributed by atoms with van der Waals surface area (Å²) in [7, 11) is 1.39. The number of nitrogens with zero attached hydrogens (tertiary/aromatic N) is 1. The van der Waals surface area contributed by atoms with Crippen molar-refractivity contribution in [1.29, 1.82) is 0 Å². The van der Waals surface area contributed by atoms with Crippen LogP contribution in [-0.4, -0.2) is 37.4 Å². The highest BCUT2D eigenvalue weighted by molar-refractivity contribution is 5.75. The smallest absolute Gasteiger partial charge is 0.255 e. The lowest BCUT2D eigenvalue weighted by Crippen LogP contribution is -2.31. The summed E-state index contributed by atoms with van der Waals surface area (Å²) in [5.41, 5.74) is 5.37. The van der Waals surface area contributed by atoms with Crippen molar-refractivity contribution in [2.24, 2.45) is 11.7 Å². The number of hydrogen-bond donors (Lipinski definition) is 1. The fourth-order valence-electron chi connectivity index (χ4n) is 0.987. The van der Waals surface area contributed by atoms with E-state index in [0.29, 0.717) is 19.4 Å². The van der Waals surface area contributed by atoms with Crippen LogP contribution < -0.4 is 5.73 Å². The minimum atomic E-state index is -2.46. The van der Waals surface area contributed by atoms with Crippen LogP contribution >= 0.6 is 0 Å². The quantitative estimate of drug-likeness (QED) is 0.710. The topological polar surface area (TPSA) is 46.3 Å². The van der Waals surface area contributed by atoms with Gasteiger partial charge in [0.2, 0.25) is 5.91 Å². The highest BCUT2D eigenvalue weighted by Gasteiger charge is 2.14. The second-order valence-electron chi connectivity index (χ2n) is 3.54. The van der Waals surface area contributed by atoms with E-state index in [1.807, 2.05) is 6.92 Å². The molecule has 0 aromatic carbocycles. The molecular weight excluding hydrogens is 190 g/mol. The second-order valence-corrected chi connectivity index (χ2v) is 3.54. The zero-order valence-electron chi connectivity index (χ0n) is 8.67. The van der Waals surface area contributed by atoms with Crippen LogP contribution in [0.5, 0.6) is 0 Å². The van der Waals surface area contributed by atoms with Gasteiger partial charge >= 0.3 is 0 Å². The Morgan fingerprint density at radius 3 is 2.50 bits per heavy atom. The van der Waals surface area contributed by atoms with Gasteiger partial charge in [-0.15, -0.1) is 0 Å². The van der Waals surface area contributed by atoms with Gasteiger partial charge in [0, 0.05) is 13.5 Å². The summed E-state index contributed by atoms with van der Waals surface area (Å²) in [6, 6.07) is 0. The third-order valence-electron chi connectivity index (χ3n) is 2.09. The normalized spacial score (nSPS) is 13.0. The fraction of sp³-hybridized carbons (Fsp3) is 0.889. The zero-order chi connectivity index (χ0) is 11.1. The largest absolute Gasteiger partial charge is 0.340 e. The van der Waals surface area contributed by atoms with Gasteiger partial charge in [-0.2, -0.15) is 0 Å². The Balaban J connectivity index is 3.73. The number of carbonyl (C=O) groups excluding carboxylic acids is 1. The lowest BCUT2D eigenvalue weighted by atomic mass is 10.1. The highest BCUT2D eigenvalue weighted by Crippen LogP contribution is 2.06. The summed E-state index contributed by atoms with van der Waals surface area (Å²) in [6.45, 7) is 1.96. The number of alkyl halides is 2. The molecule has 5 heteroatoms. The maximum atomic E-state index is 11.9. The van der Waals surface area contributed by atoms with Crippen LogP contribution in [-0.2, 0) is 4.79 Å². The van der Waals surface area contributed by atoms with Crippen LogP contribution in [0.4, 0.5) is 8.78 Å². The molecule has 0 aliphatic carbocycles. The molecule has 0 aliphatic rings. The third-order valence-corrected chi connectivity index (χ3v) is 2.09. The number of carbonyl (C=O) groups is 1. The second kappa shape index (κ2) is 6.70. The van der Waals surface area contributed by atoms with Crippen LogP contribution in [0.25, 0.3) is 0 Å². The summed E-state index contributed by atoms with van der Waals surface area (Å²) >= 11 is 0. The van der Waals surface area contributed by atoms with Crippen LogP contribution in [0.1, 0.15) is 19.8 Å². The van der Waals surface area contributed by atoms with Gasteiger partial charge in [-0.1, -0.05) is 6.92 Å². The first kappa shape index (κ1) is 13.3. The Labute approximate surface area is 83.3 Å². The van der Waals surface area contributed by atoms with Crippen molar-refractivity contribution in [3.63, 3.8) is 0 Å². The molecule has 0 heterocycles. The summed E-state index contributed by atoms with van der Waals surface area (Å²) < 4.78 is 23.8. The SMILES string of the molecule is CC(CN)CCC(=O)N(C)CC(F)F. The maximum Gasteiger partial charge on any atom is 0.255 e. The highest BCUT2D eigenvalue weighted by atomic mass is 19.3. The van der Waals surface area contributed by atoms with Crippen molar-refractivity contribution in [3.05, 3.63) is 0 Å². The number of halogens is 2. The van der Waals surface area contributed by atoms with E-state index in [4.69, 9.17) is 5.73 Å². The predicted octanol–water partition coefficient (Wildman–Crippen LogP) is 1.08. The molecule has 3 nitrogen and oxygen atoms in total. The summed E-state index contributed by atoms with van der Waals surface area (Å²) in [5.74, 6) is 0.0181. The molecule has 2 N–H and O–H groups in total. The Hall–Kier alpha value is -0.710. The lowest BCUT2D eigenvalue weighted by molar-refractivity contribution is -0.131. The molecule has 0 bridgehead atoms. The predicted molar refractivity (Wildman–Crippen MR) is 51.1 cm³/mol. The first-order valence-electron chi connectivity index (χ1n) is 4.69. The van der Waals surface area contributed by atoms with E-state index in [9.17, 15) is 13.6 Å². The number of amides is 1. The van der Waals surface area contributed by atoms with Crippen molar-refractivity contribution in [1.82, 2.24) is 4.90 Å². The molecule has 1 atom stereocenters. The molecular formula is C9H18F2N2O. The van der Waals surface area contributed by atoms with Crippen molar-refractivity contribution in [3.8, 4) is 0 Å². The molecule has 0 aromatic heterocycles. The van der Waals surface area contributed by atoms with Crippen molar-refractivity contribution >= 4 is 5.91 Å². The van der Waals surface area contributed by atoms with Gasteiger partial charge in [0.25, 0.3) is 6.43 Å². The molecule has 14 heavy (non-hydrogen) atoms. The number of hydrogen-bond acceptors (Lipinski definition) is 2. The summed E-state index contributed by atoms with van der Waals surface area (Å²) in [4.78, 5) is 12.3. The van der Waals surface area contributed by atoms with E-state index in [2.05, 4.69) is 0 Å². The van der Waals surface area contributed by atoms with E-state index >= 15 is 0 Å². The standard InChI is InChI=1S/C9H18F2N2O/c1-7(5-12)3-4-9(14)13(2)6-8(10)11/h7-8H,3-6,12H2,1-2H3. The molecule has 0 fully saturated rings. The van der Waals surface area contributed by atoms with Crippen molar-refractivity contribution in [2.75, 3.05) is 20.1 Å². The van der Waals surface area contributed by atoms with Crippen LogP contribution in [0.15, 0.2) is 0 Å². The fourth-order valence-corrected chi connectivity index (χ4v) is 0.987. The number of nitrogens with two attached hydrogens (primary N) is 1. The third kappa shape index (κ3) is 5.85. The lowest BCUT2D eigenvalue weighted by Gasteiger charge is -2.17.